The van der Waals surface area contributed by atoms with E-state index in [0.717, 1.165) is 0 Å². The van der Waals surface area contributed by atoms with Crippen molar-refractivity contribution in [2.75, 3.05) is 11.5 Å². The van der Waals surface area contributed by atoms with E-state index in [0.29, 0.717) is 11.8 Å². The van der Waals surface area contributed by atoms with Crippen LogP contribution in [0.4, 0.5) is 27.6 Å². The molecule has 0 unspecified atom stereocenters. The highest BCUT2D eigenvalue weighted by molar-refractivity contribution is 7.99. The molecular weight excluding hydrogens is 317 g/mol. The molecule has 0 radical (unpaired) electrons. The molecule has 0 fully saturated rings. The maximum Gasteiger partial charge on any atom is 0.249 e. The van der Waals surface area contributed by atoms with Crippen LogP contribution in [0.25, 0.3) is 0 Å². The summed E-state index contributed by atoms with van der Waals surface area (Å²) in [5.41, 5.74) is 3.36. The van der Waals surface area contributed by atoms with E-state index in [-0.39, 0.29) is 23.4 Å². The number of hydrogen-bond acceptors (Lipinski definition) is 4. The number of thioether (sulfide) groups is 1. The van der Waals surface area contributed by atoms with Gasteiger partial charge in [-0.2, -0.15) is 0 Å². The predicted octanol–water partition coefficient (Wildman–Crippen LogP) is 1.90. The first-order chi connectivity index (χ1) is 9.77. The van der Waals surface area contributed by atoms with Gasteiger partial charge in [0, 0.05) is 11.3 Å². The third-order valence-electron chi connectivity index (χ3n) is 2.82. The van der Waals surface area contributed by atoms with Crippen LogP contribution in [0.2, 0.25) is 0 Å². The lowest BCUT2D eigenvalue weighted by molar-refractivity contribution is 0.361. The van der Waals surface area contributed by atoms with Gasteiger partial charge in [-0.25, -0.2) is 22.0 Å². The van der Waals surface area contributed by atoms with Crippen molar-refractivity contribution in [3.8, 4) is 0 Å². The van der Waals surface area contributed by atoms with Gasteiger partial charge >= 0.3 is 0 Å². The average Bonchev–Trinajstić information content (AvgIpc) is 2.49. The fourth-order valence-electron chi connectivity index (χ4n) is 1.67. The maximum absolute atomic E-state index is 13.3. The van der Waals surface area contributed by atoms with Gasteiger partial charge in [-0.3, -0.25) is 9.59 Å². The molecule has 9 heteroatoms. The summed E-state index contributed by atoms with van der Waals surface area (Å²) in [7, 11) is 0. The first kappa shape index (κ1) is 15.5. The van der Waals surface area contributed by atoms with Crippen molar-refractivity contribution in [1.29, 1.82) is 0 Å². The number of halogens is 5. The zero-order valence-electron chi connectivity index (χ0n) is 10.1. The normalized spacial score (nSPS) is 11.3. The molecule has 0 heterocycles. The smallest absolute Gasteiger partial charge is 0.249 e. The van der Waals surface area contributed by atoms with Crippen LogP contribution < -0.4 is 16.6 Å². The van der Waals surface area contributed by atoms with Crippen LogP contribution in [0.15, 0.2) is 14.5 Å². The molecule has 112 valence electrons. The lowest BCUT2D eigenvalue weighted by Crippen LogP contribution is -2.38. The third kappa shape index (κ3) is 2.41. The topological polar surface area (TPSA) is 60.2 Å². The molecule has 0 spiro atoms. The standard InChI is InChI=1S/C12H6F5NO2S/c13-4-5(14)7(16)12(8(17)6(4)15)21-2-1-3-9(18)11(20)10(3)19/h1-2,18H2. The molecule has 21 heavy (non-hydrogen) atoms. The summed E-state index contributed by atoms with van der Waals surface area (Å²) >= 11 is 0.344. The molecule has 0 aromatic heterocycles. The second kappa shape index (κ2) is 5.47. The van der Waals surface area contributed by atoms with Gasteiger partial charge < -0.3 is 5.73 Å². The molecular formula is C12H6F5NO2S. The molecule has 3 nitrogen and oxygen atoms in total. The van der Waals surface area contributed by atoms with Gasteiger partial charge in [0.1, 0.15) is 0 Å². The summed E-state index contributed by atoms with van der Waals surface area (Å²) in [6, 6.07) is 0. The van der Waals surface area contributed by atoms with Crippen molar-refractivity contribution in [3.63, 3.8) is 0 Å². The van der Waals surface area contributed by atoms with Crippen LogP contribution in [0.5, 0.6) is 0 Å². The molecule has 2 aromatic rings. The summed E-state index contributed by atoms with van der Waals surface area (Å²) in [5, 5.41) is 0. The summed E-state index contributed by atoms with van der Waals surface area (Å²) < 4.78 is 65.4. The molecule has 2 N–H and O–H groups in total. The van der Waals surface area contributed by atoms with E-state index in [9.17, 15) is 31.5 Å². The molecule has 0 saturated carbocycles. The van der Waals surface area contributed by atoms with E-state index >= 15 is 0 Å². The van der Waals surface area contributed by atoms with Gasteiger partial charge in [0.2, 0.25) is 16.7 Å². The Bertz CT molecular complexity index is 769. The molecule has 2 aromatic carbocycles. The fraction of sp³-hybridized carbons (Fsp3) is 0.167. The van der Waals surface area contributed by atoms with Gasteiger partial charge in [0.05, 0.1) is 10.6 Å². The zero-order valence-corrected chi connectivity index (χ0v) is 10.9. The van der Waals surface area contributed by atoms with Crippen LogP contribution in [0.1, 0.15) is 5.56 Å². The Morgan fingerprint density at radius 2 is 1.29 bits per heavy atom. The second-order valence-electron chi connectivity index (χ2n) is 4.05. The molecule has 0 aliphatic rings. The quantitative estimate of drug-likeness (QED) is 0.307. The van der Waals surface area contributed by atoms with E-state index in [4.69, 9.17) is 5.73 Å². The minimum Gasteiger partial charge on any atom is -0.395 e. The number of nitrogen functional groups attached to an aromatic ring is 1. The van der Waals surface area contributed by atoms with Gasteiger partial charge in [-0.1, -0.05) is 0 Å². The van der Waals surface area contributed by atoms with E-state index in [1.165, 1.54) is 0 Å². The highest BCUT2D eigenvalue weighted by Crippen LogP contribution is 2.31. The second-order valence-corrected chi connectivity index (χ2v) is 5.15. The summed E-state index contributed by atoms with van der Waals surface area (Å²) in [4.78, 5) is 20.9. The lowest BCUT2D eigenvalue weighted by atomic mass is 10.1. The Hall–Kier alpha value is -1.90. The highest BCUT2D eigenvalue weighted by atomic mass is 32.2. The van der Waals surface area contributed by atoms with Crippen LogP contribution in [-0.4, -0.2) is 5.75 Å². The zero-order chi connectivity index (χ0) is 15.9. The van der Waals surface area contributed by atoms with Crippen molar-refractivity contribution in [3.05, 3.63) is 55.1 Å². The summed E-state index contributed by atoms with van der Waals surface area (Å²) in [5.74, 6) is -10.4. The number of benzene rings is 1. The Labute approximate surface area is 118 Å². The lowest BCUT2D eigenvalue weighted by Gasteiger charge is -2.09. The molecule has 0 aliphatic carbocycles. The molecule has 0 amide bonds. The number of nitrogens with two attached hydrogens (primary N) is 1. The molecule has 0 atom stereocenters. The maximum atomic E-state index is 13.3. The van der Waals surface area contributed by atoms with Crippen LogP contribution in [0, 0.1) is 29.1 Å². The molecule has 0 bridgehead atoms. The Kier molecular flexibility index (Phi) is 4.04. The van der Waals surface area contributed by atoms with Crippen LogP contribution >= 0.6 is 11.8 Å². The predicted molar refractivity (Wildman–Crippen MR) is 66.4 cm³/mol. The fourth-order valence-corrected chi connectivity index (χ4v) is 2.61. The van der Waals surface area contributed by atoms with Gasteiger partial charge in [-0.15, -0.1) is 11.8 Å². The van der Waals surface area contributed by atoms with Crippen LogP contribution in [-0.2, 0) is 6.42 Å². The number of hydrogen-bond donors (Lipinski definition) is 1. The van der Waals surface area contributed by atoms with Crippen molar-refractivity contribution in [2.45, 2.75) is 11.3 Å². The first-order valence-electron chi connectivity index (χ1n) is 5.49. The average molecular weight is 323 g/mol. The number of anilines is 1. The van der Waals surface area contributed by atoms with Crippen molar-refractivity contribution in [1.82, 2.24) is 0 Å². The third-order valence-corrected chi connectivity index (χ3v) is 3.87. The van der Waals surface area contributed by atoms with Crippen molar-refractivity contribution in [2.24, 2.45) is 0 Å². The van der Waals surface area contributed by atoms with Crippen molar-refractivity contribution < 1.29 is 22.0 Å². The summed E-state index contributed by atoms with van der Waals surface area (Å²) in [6.07, 6.45) is -0.111. The van der Waals surface area contributed by atoms with Crippen molar-refractivity contribution >= 4 is 17.4 Å². The van der Waals surface area contributed by atoms with E-state index < -0.39 is 44.8 Å². The monoisotopic (exact) mass is 323 g/mol. The van der Waals surface area contributed by atoms with Crippen LogP contribution in [0.3, 0.4) is 0 Å². The minimum atomic E-state index is -2.24. The minimum absolute atomic E-state index is 0.00336. The van der Waals surface area contributed by atoms with E-state index in [1.807, 2.05) is 0 Å². The summed E-state index contributed by atoms with van der Waals surface area (Å²) in [6.45, 7) is 0. The largest absolute Gasteiger partial charge is 0.395 e. The SMILES string of the molecule is Nc1c(CCSc2c(F)c(F)c(F)c(F)c2F)c(=O)c1=O. The van der Waals surface area contributed by atoms with E-state index in [1.54, 1.807) is 0 Å². The highest BCUT2D eigenvalue weighted by Gasteiger charge is 2.26. The number of rotatable bonds is 4. The van der Waals surface area contributed by atoms with E-state index in [2.05, 4.69) is 0 Å². The Balaban J connectivity index is 2.19. The first-order valence-corrected chi connectivity index (χ1v) is 6.47. The van der Waals surface area contributed by atoms with Gasteiger partial charge in [0.15, 0.2) is 23.3 Å². The molecule has 2 rings (SSSR count). The van der Waals surface area contributed by atoms with Gasteiger partial charge in [-0.05, 0) is 6.42 Å². The molecule has 0 aliphatic heterocycles. The Morgan fingerprint density at radius 1 is 0.810 bits per heavy atom. The van der Waals surface area contributed by atoms with Gasteiger partial charge in [0.25, 0.3) is 0 Å². The Morgan fingerprint density at radius 3 is 1.76 bits per heavy atom. The molecule has 0 saturated heterocycles.